The van der Waals surface area contributed by atoms with Gasteiger partial charge in [-0.15, -0.1) is 0 Å². The largest absolute Gasteiger partial charge is 0.465 e. The quantitative estimate of drug-likeness (QED) is 0.881. The highest BCUT2D eigenvalue weighted by molar-refractivity contribution is 5.94. The molecule has 1 heterocycles. The van der Waals surface area contributed by atoms with Crippen LogP contribution in [0.3, 0.4) is 0 Å². The van der Waals surface area contributed by atoms with E-state index in [1.165, 1.54) is 14.2 Å². The standard InChI is InChI=1S/C16H17NO4/c1-9-13(10(2)17-14(9)16(19)21-4)11-6-5-7-12(8-11)15(18)20-3/h5-8,17H,1-4H3. The molecule has 0 spiro atoms. The van der Waals surface area contributed by atoms with Crippen LogP contribution in [-0.4, -0.2) is 31.1 Å². The number of rotatable bonds is 3. The van der Waals surface area contributed by atoms with Crippen LogP contribution in [0.2, 0.25) is 0 Å². The van der Waals surface area contributed by atoms with Crippen molar-refractivity contribution in [3.05, 3.63) is 46.8 Å². The fourth-order valence-corrected chi connectivity index (χ4v) is 2.41. The van der Waals surface area contributed by atoms with Gasteiger partial charge in [0.25, 0.3) is 0 Å². The first-order chi connectivity index (χ1) is 9.99. The number of aromatic nitrogens is 1. The summed E-state index contributed by atoms with van der Waals surface area (Å²) in [5.41, 5.74) is 4.26. The lowest BCUT2D eigenvalue weighted by Crippen LogP contribution is -2.03. The molecule has 1 aromatic heterocycles. The van der Waals surface area contributed by atoms with Crippen LogP contribution in [0.15, 0.2) is 24.3 Å². The Balaban J connectivity index is 2.55. The van der Waals surface area contributed by atoms with E-state index in [1.807, 2.05) is 19.9 Å². The van der Waals surface area contributed by atoms with Crippen LogP contribution in [0.4, 0.5) is 0 Å². The number of hydrogen-bond acceptors (Lipinski definition) is 4. The molecule has 2 aromatic rings. The highest BCUT2D eigenvalue weighted by Gasteiger charge is 2.19. The number of methoxy groups -OCH3 is 2. The third-order valence-corrected chi connectivity index (χ3v) is 3.40. The lowest BCUT2D eigenvalue weighted by atomic mass is 9.99. The van der Waals surface area contributed by atoms with Crippen molar-refractivity contribution in [2.75, 3.05) is 14.2 Å². The molecule has 1 aromatic carbocycles. The lowest BCUT2D eigenvalue weighted by molar-refractivity contribution is 0.0587. The van der Waals surface area contributed by atoms with E-state index >= 15 is 0 Å². The van der Waals surface area contributed by atoms with Crippen molar-refractivity contribution < 1.29 is 19.1 Å². The second kappa shape index (κ2) is 5.83. The minimum atomic E-state index is -0.411. The number of H-pyrrole nitrogens is 1. The summed E-state index contributed by atoms with van der Waals surface area (Å²) in [5, 5.41) is 0. The van der Waals surface area contributed by atoms with Crippen LogP contribution < -0.4 is 0 Å². The van der Waals surface area contributed by atoms with Crippen molar-refractivity contribution in [1.82, 2.24) is 4.98 Å². The van der Waals surface area contributed by atoms with E-state index in [0.29, 0.717) is 11.3 Å². The highest BCUT2D eigenvalue weighted by atomic mass is 16.5. The van der Waals surface area contributed by atoms with Crippen molar-refractivity contribution in [3.63, 3.8) is 0 Å². The van der Waals surface area contributed by atoms with E-state index in [2.05, 4.69) is 4.98 Å². The topological polar surface area (TPSA) is 68.4 Å². The van der Waals surface area contributed by atoms with E-state index < -0.39 is 11.9 Å². The Labute approximate surface area is 122 Å². The van der Waals surface area contributed by atoms with Gasteiger partial charge >= 0.3 is 11.9 Å². The van der Waals surface area contributed by atoms with E-state index in [1.54, 1.807) is 18.2 Å². The minimum Gasteiger partial charge on any atom is -0.465 e. The Bertz CT molecular complexity index is 700. The smallest absolute Gasteiger partial charge is 0.354 e. The molecular weight excluding hydrogens is 270 g/mol. The predicted molar refractivity (Wildman–Crippen MR) is 78.4 cm³/mol. The van der Waals surface area contributed by atoms with Gasteiger partial charge in [-0.2, -0.15) is 0 Å². The third kappa shape index (κ3) is 2.67. The van der Waals surface area contributed by atoms with Crippen molar-refractivity contribution in [2.24, 2.45) is 0 Å². The molecule has 0 saturated carbocycles. The fraction of sp³-hybridized carbons (Fsp3) is 0.250. The summed E-state index contributed by atoms with van der Waals surface area (Å²) in [6, 6.07) is 7.10. The summed E-state index contributed by atoms with van der Waals surface area (Å²) in [7, 11) is 2.69. The van der Waals surface area contributed by atoms with Crippen LogP contribution in [0.1, 0.15) is 32.1 Å². The van der Waals surface area contributed by atoms with Crippen LogP contribution in [0.25, 0.3) is 11.1 Å². The zero-order valence-electron chi connectivity index (χ0n) is 12.4. The first-order valence-corrected chi connectivity index (χ1v) is 6.45. The summed E-state index contributed by atoms with van der Waals surface area (Å²) in [5.74, 6) is -0.804. The number of aryl methyl sites for hydroxylation is 1. The van der Waals surface area contributed by atoms with Gasteiger partial charge in [-0.05, 0) is 37.1 Å². The second-order valence-corrected chi connectivity index (χ2v) is 4.69. The summed E-state index contributed by atoms with van der Waals surface area (Å²) < 4.78 is 9.48. The molecule has 5 nitrogen and oxygen atoms in total. The van der Waals surface area contributed by atoms with Gasteiger partial charge < -0.3 is 14.5 Å². The van der Waals surface area contributed by atoms with Crippen LogP contribution >= 0.6 is 0 Å². The average molecular weight is 287 g/mol. The summed E-state index contributed by atoms with van der Waals surface area (Å²) in [6.07, 6.45) is 0. The summed E-state index contributed by atoms with van der Waals surface area (Å²) in [6.45, 7) is 3.72. The Morgan fingerprint density at radius 1 is 1.05 bits per heavy atom. The van der Waals surface area contributed by atoms with Crippen LogP contribution in [-0.2, 0) is 9.47 Å². The molecular formula is C16H17NO4. The first-order valence-electron chi connectivity index (χ1n) is 6.45. The molecule has 0 atom stereocenters. The number of aromatic amines is 1. The minimum absolute atomic E-state index is 0.393. The average Bonchev–Trinajstić information content (AvgIpc) is 2.80. The van der Waals surface area contributed by atoms with E-state index in [9.17, 15) is 9.59 Å². The SMILES string of the molecule is COC(=O)c1cccc(-c2c(C)[nH]c(C(=O)OC)c2C)c1. The second-order valence-electron chi connectivity index (χ2n) is 4.69. The zero-order chi connectivity index (χ0) is 15.6. The molecule has 1 N–H and O–H groups in total. The number of esters is 2. The maximum atomic E-state index is 11.7. The van der Waals surface area contributed by atoms with Crippen molar-refractivity contribution in [3.8, 4) is 11.1 Å². The van der Waals surface area contributed by atoms with Gasteiger partial charge in [0.15, 0.2) is 0 Å². The summed E-state index contributed by atoms with van der Waals surface area (Å²) in [4.78, 5) is 26.4. The highest BCUT2D eigenvalue weighted by Crippen LogP contribution is 2.30. The number of benzene rings is 1. The molecule has 0 aliphatic rings. The van der Waals surface area contributed by atoms with Gasteiger partial charge in [-0.3, -0.25) is 0 Å². The molecule has 0 bridgehead atoms. The lowest BCUT2D eigenvalue weighted by Gasteiger charge is -2.06. The Morgan fingerprint density at radius 2 is 1.71 bits per heavy atom. The maximum Gasteiger partial charge on any atom is 0.354 e. The Hall–Kier alpha value is -2.56. The molecule has 2 rings (SSSR count). The number of carbonyl (C=O) groups excluding carboxylic acids is 2. The zero-order valence-corrected chi connectivity index (χ0v) is 12.4. The Morgan fingerprint density at radius 3 is 2.33 bits per heavy atom. The fourth-order valence-electron chi connectivity index (χ4n) is 2.41. The first kappa shape index (κ1) is 14.8. The van der Waals surface area contributed by atoms with Crippen molar-refractivity contribution >= 4 is 11.9 Å². The van der Waals surface area contributed by atoms with Crippen LogP contribution in [0.5, 0.6) is 0 Å². The van der Waals surface area contributed by atoms with Crippen molar-refractivity contribution in [1.29, 1.82) is 0 Å². The monoisotopic (exact) mass is 287 g/mol. The predicted octanol–water partition coefficient (Wildman–Crippen LogP) is 2.87. The molecule has 5 heteroatoms. The number of hydrogen-bond donors (Lipinski definition) is 1. The molecule has 0 aliphatic carbocycles. The normalized spacial score (nSPS) is 10.3. The van der Waals surface area contributed by atoms with Gasteiger partial charge in [0.2, 0.25) is 0 Å². The van der Waals surface area contributed by atoms with Gasteiger partial charge in [-0.25, -0.2) is 9.59 Å². The molecule has 0 saturated heterocycles. The molecule has 0 aliphatic heterocycles. The molecule has 0 amide bonds. The molecule has 110 valence electrons. The molecule has 21 heavy (non-hydrogen) atoms. The molecule has 0 fully saturated rings. The third-order valence-electron chi connectivity index (χ3n) is 3.40. The summed E-state index contributed by atoms with van der Waals surface area (Å²) >= 11 is 0. The molecule has 0 unspecified atom stereocenters. The van der Waals surface area contributed by atoms with Crippen molar-refractivity contribution in [2.45, 2.75) is 13.8 Å². The van der Waals surface area contributed by atoms with E-state index in [0.717, 1.165) is 22.4 Å². The number of carbonyl (C=O) groups is 2. The van der Waals surface area contributed by atoms with Gasteiger partial charge in [-0.1, -0.05) is 12.1 Å². The van der Waals surface area contributed by atoms with E-state index in [-0.39, 0.29) is 0 Å². The molecule has 0 radical (unpaired) electrons. The van der Waals surface area contributed by atoms with Gasteiger partial charge in [0.05, 0.1) is 19.8 Å². The Kier molecular flexibility index (Phi) is 4.12. The van der Waals surface area contributed by atoms with E-state index in [4.69, 9.17) is 9.47 Å². The maximum absolute atomic E-state index is 11.7. The van der Waals surface area contributed by atoms with Gasteiger partial charge in [0, 0.05) is 11.3 Å². The number of nitrogens with one attached hydrogen (secondary N) is 1. The van der Waals surface area contributed by atoms with Gasteiger partial charge in [0.1, 0.15) is 5.69 Å². The van der Waals surface area contributed by atoms with Crippen LogP contribution in [0, 0.1) is 13.8 Å². The number of ether oxygens (including phenoxy) is 2.